The average Bonchev–Trinajstić information content (AvgIpc) is 2.76. The Balaban J connectivity index is 1.70. The lowest BCUT2D eigenvalue weighted by Gasteiger charge is -2.56. The van der Waals surface area contributed by atoms with Crippen LogP contribution in [-0.4, -0.2) is 18.2 Å². The predicted octanol–water partition coefficient (Wildman–Crippen LogP) is 2.85. The van der Waals surface area contributed by atoms with E-state index in [0.29, 0.717) is 30.0 Å². The molecule has 4 rings (SSSR count). The van der Waals surface area contributed by atoms with Crippen LogP contribution in [0.1, 0.15) is 52.4 Å². The van der Waals surface area contributed by atoms with Crippen LogP contribution in [0.25, 0.3) is 0 Å². The SMILES string of the molecule is C[C@]12CCC(=O)C=C1CC[C@@H]1[C@H]2CC[C@]2(C)C(=O)NC[C@@H]12. The summed E-state index contributed by atoms with van der Waals surface area (Å²) in [5.41, 5.74) is 1.48. The molecule has 0 aromatic rings. The molecule has 2 saturated carbocycles. The summed E-state index contributed by atoms with van der Waals surface area (Å²) in [7, 11) is 0. The van der Waals surface area contributed by atoms with E-state index in [4.69, 9.17) is 0 Å². The van der Waals surface area contributed by atoms with Crippen molar-refractivity contribution in [2.75, 3.05) is 6.54 Å². The molecule has 4 aliphatic rings. The molecule has 0 spiro atoms. The molecule has 0 aromatic carbocycles. The lowest BCUT2D eigenvalue weighted by Crippen LogP contribution is -2.51. The largest absolute Gasteiger partial charge is 0.355 e. The minimum absolute atomic E-state index is 0.136. The van der Waals surface area contributed by atoms with Crippen LogP contribution in [-0.2, 0) is 9.59 Å². The van der Waals surface area contributed by atoms with Crippen molar-refractivity contribution < 1.29 is 9.59 Å². The molecule has 0 bridgehead atoms. The van der Waals surface area contributed by atoms with Crippen LogP contribution in [0.5, 0.6) is 0 Å². The van der Waals surface area contributed by atoms with Gasteiger partial charge in [0.25, 0.3) is 0 Å². The number of hydrogen-bond acceptors (Lipinski definition) is 2. The highest BCUT2D eigenvalue weighted by molar-refractivity contribution is 5.91. The van der Waals surface area contributed by atoms with Gasteiger partial charge in [-0.05, 0) is 61.3 Å². The molecule has 21 heavy (non-hydrogen) atoms. The van der Waals surface area contributed by atoms with Crippen LogP contribution in [0.2, 0.25) is 0 Å². The van der Waals surface area contributed by atoms with Gasteiger partial charge in [0.2, 0.25) is 5.91 Å². The van der Waals surface area contributed by atoms with Crippen LogP contribution in [0, 0.1) is 28.6 Å². The van der Waals surface area contributed by atoms with Gasteiger partial charge in [-0.15, -0.1) is 0 Å². The van der Waals surface area contributed by atoms with Crippen molar-refractivity contribution in [3.8, 4) is 0 Å². The van der Waals surface area contributed by atoms with Gasteiger partial charge in [-0.25, -0.2) is 0 Å². The Morgan fingerprint density at radius 2 is 1.86 bits per heavy atom. The highest BCUT2D eigenvalue weighted by atomic mass is 16.2. The molecule has 0 radical (unpaired) electrons. The Morgan fingerprint density at radius 1 is 1.05 bits per heavy atom. The van der Waals surface area contributed by atoms with Gasteiger partial charge in [-0.3, -0.25) is 9.59 Å². The molecule has 0 aromatic heterocycles. The number of allylic oxidation sites excluding steroid dienone is 2. The summed E-state index contributed by atoms with van der Waals surface area (Å²) in [6, 6.07) is 0. The minimum Gasteiger partial charge on any atom is -0.355 e. The number of hydrogen-bond donors (Lipinski definition) is 1. The molecule has 1 saturated heterocycles. The van der Waals surface area contributed by atoms with Crippen molar-refractivity contribution >= 4 is 11.7 Å². The quantitative estimate of drug-likeness (QED) is 0.744. The third kappa shape index (κ3) is 1.66. The normalized spacial score (nSPS) is 48.9. The Kier molecular flexibility index (Phi) is 2.71. The van der Waals surface area contributed by atoms with E-state index in [-0.39, 0.29) is 16.7 Å². The van der Waals surface area contributed by atoms with Gasteiger partial charge in [-0.2, -0.15) is 0 Å². The third-order valence-electron chi connectivity index (χ3n) is 7.35. The molecule has 1 N–H and O–H groups in total. The summed E-state index contributed by atoms with van der Waals surface area (Å²) in [5.74, 6) is 2.41. The van der Waals surface area contributed by atoms with E-state index >= 15 is 0 Å². The average molecular weight is 287 g/mol. The summed E-state index contributed by atoms with van der Waals surface area (Å²) in [5, 5.41) is 3.12. The number of carbonyl (C=O) groups excluding carboxylic acids is 2. The van der Waals surface area contributed by atoms with Gasteiger partial charge in [0.15, 0.2) is 5.78 Å². The summed E-state index contributed by atoms with van der Waals surface area (Å²) < 4.78 is 0. The maximum absolute atomic E-state index is 12.2. The molecular weight excluding hydrogens is 262 g/mol. The first-order valence-electron chi connectivity index (χ1n) is 8.47. The van der Waals surface area contributed by atoms with E-state index in [1.165, 1.54) is 5.57 Å². The highest BCUT2D eigenvalue weighted by Gasteiger charge is 2.59. The molecule has 3 aliphatic carbocycles. The molecule has 3 fully saturated rings. The number of ketones is 1. The number of fused-ring (bicyclic) bond motifs is 5. The molecular formula is C18H25NO2. The Labute approximate surface area is 126 Å². The van der Waals surface area contributed by atoms with E-state index in [2.05, 4.69) is 19.2 Å². The summed E-state index contributed by atoms with van der Waals surface area (Å²) in [4.78, 5) is 24.0. The first-order valence-corrected chi connectivity index (χ1v) is 8.47. The van der Waals surface area contributed by atoms with Crippen LogP contribution < -0.4 is 5.32 Å². The van der Waals surface area contributed by atoms with Crippen molar-refractivity contribution in [3.63, 3.8) is 0 Å². The van der Waals surface area contributed by atoms with Crippen molar-refractivity contribution in [1.82, 2.24) is 5.32 Å². The zero-order valence-electron chi connectivity index (χ0n) is 13.1. The Bertz CT molecular complexity index is 551. The maximum Gasteiger partial charge on any atom is 0.226 e. The third-order valence-corrected chi connectivity index (χ3v) is 7.35. The summed E-state index contributed by atoms with van der Waals surface area (Å²) in [6.07, 6.45) is 8.06. The summed E-state index contributed by atoms with van der Waals surface area (Å²) >= 11 is 0. The molecule has 1 aliphatic heterocycles. The number of rotatable bonds is 0. The minimum atomic E-state index is -0.136. The monoisotopic (exact) mass is 287 g/mol. The highest BCUT2D eigenvalue weighted by Crippen LogP contribution is 2.62. The number of nitrogens with one attached hydrogen (secondary N) is 1. The number of carbonyl (C=O) groups is 2. The van der Waals surface area contributed by atoms with Crippen molar-refractivity contribution in [3.05, 3.63) is 11.6 Å². The van der Waals surface area contributed by atoms with Crippen LogP contribution in [0.4, 0.5) is 0 Å². The Morgan fingerprint density at radius 3 is 2.67 bits per heavy atom. The molecule has 1 amide bonds. The van der Waals surface area contributed by atoms with Gasteiger partial charge in [-0.1, -0.05) is 19.4 Å². The van der Waals surface area contributed by atoms with Gasteiger partial charge in [0.05, 0.1) is 5.41 Å². The van der Waals surface area contributed by atoms with Gasteiger partial charge in [0, 0.05) is 13.0 Å². The molecule has 3 heteroatoms. The maximum atomic E-state index is 12.2. The van der Waals surface area contributed by atoms with E-state index in [9.17, 15) is 9.59 Å². The van der Waals surface area contributed by atoms with Gasteiger partial charge >= 0.3 is 0 Å². The summed E-state index contributed by atoms with van der Waals surface area (Å²) in [6.45, 7) is 5.42. The van der Waals surface area contributed by atoms with Gasteiger partial charge in [0.1, 0.15) is 0 Å². The molecule has 5 atom stereocenters. The fourth-order valence-electron chi connectivity index (χ4n) is 5.94. The lowest BCUT2D eigenvalue weighted by atomic mass is 9.47. The first-order chi connectivity index (χ1) is 9.95. The first kappa shape index (κ1) is 13.5. The second-order valence-electron chi connectivity index (χ2n) is 8.14. The topological polar surface area (TPSA) is 46.2 Å². The second kappa shape index (κ2) is 4.21. The molecule has 3 nitrogen and oxygen atoms in total. The smallest absolute Gasteiger partial charge is 0.226 e. The fraction of sp³-hybridized carbons (Fsp3) is 0.778. The van der Waals surface area contributed by atoms with Crippen molar-refractivity contribution in [1.29, 1.82) is 0 Å². The Hall–Kier alpha value is -1.12. The van der Waals surface area contributed by atoms with E-state index < -0.39 is 0 Å². The van der Waals surface area contributed by atoms with Gasteiger partial charge < -0.3 is 5.32 Å². The zero-order chi connectivity index (χ0) is 14.8. The molecule has 0 unspecified atom stereocenters. The molecule has 114 valence electrons. The number of amides is 1. The fourth-order valence-corrected chi connectivity index (χ4v) is 5.94. The van der Waals surface area contributed by atoms with Crippen molar-refractivity contribution in [2.45, 2.75) is 52.4 Å². The van der Waals surface area contributed by atoms with Crippen LogP contribution in [0.3, 0.4) is 0 Å². The standard InChI is InChI=1S/C18H25NO2/c1-17-7-5-12(20)9-11(17)3-4-13-14(17)6-8-18(2)15(13)10-19-16(18)21/h9,13-15H,3-8,10H2,1-2H3,(H,19,21)/t13-,14-,15+,17+,18+/m1/s1. The predicted molar refractivity (Wildman–Crippen MR) is 80.5 cm³/mol. The van der Waals surface area contributed by atoms with Crippen LogP contribution in [0.15, 0.2) is 11.6 Å². The van der Waals surface area contributed by atoms with E-state index in [0.717, 1.165) is 38.6 Å². The molecule has 1 heterocycles. The van der Waals surface area contributed by atoms with E-state index in [1.807, 2.05) is 6.08 Å². The zero-order valence-corrected chi connectivity index (χ0v) is 13.1. The van der Waals surface area contributed by atoms with E-state index in [1.54, 1.807) is 0 Å². The van der Waals surface area contributed by atoms with Crippen molar-refractivity contribution in [2.24, 2.45) is 28.6 Å². The lowest BCUT2D eigenvalue weighted by molar-refractivity contribution is -0.133. The second-order valence-corrected chi connectivity index (χ2v) is 8.14. The van der Waals surface area contributed by atoms with Crippen LogP contribution >= 0.6 is 0 Å².